The van der Waals surface area contributed by atoms with Crippen molar-refractivity contribution in [1.29, 1.82) is 0 Å². The Hall–Kier alpha value is -2.33. The van der Waals surface area contributed by atoms with Crippen molar-refractivity contribution in [1.82, 2.24) is 30.3 Å². The highest BCUT2D eigenvalue weighted by atomic mass is 35.5. The van der Waals surface area contributed by atoms with Crippen LogP contribution >= 0.6 is 11.6 Å². The number of H-pyrrole nitrogens is 1. The number of benzene rings is 1. The predicted octanol–water partition coefficient (Wildman–Crippen LogP) is 2.86. The van der Waals surface area contributed by atoms with Gasteiger partial charge < -0.3 is 15.1 Å². The number of amides is 2. The molecule has 1 aromatic carbocycles. The highest BCUT2D eigenvalue weighted by molar-refractivity contribution is 6.31. The Morgan fingerprint density at radius 1 is 1.28 bits per heavy atom. The van der Waals surface area contributed by atoms with Gasteiger partial charge in [-0.2, -0.15) is 18.3 Å². The van der Waals surface area contributed by atoms with E-state index in [-0.39, 0.29) is 23.0 Å². The number of carbonyl (C=O) groups is 1. The lowest BCUT2D eigenvalue weighted by Gasteiger charge is -2.41. The first-order chi connectivity index (χ1) is 13.8. The Kier molecular flexibility index (Phi) is 5.39. The number of nitrogens with zero attached hydrogens (tertiary/aromatic N) is 4. The second kappa shape index (κ2) is 7.83. The summed E-state index contributed by atoms with van der Waals surface area (Å²) in [5, 5.41) is 10.0. The zero-order valence-corrected chi connectivity index (χ0v) is 16.2. The molecule has 4 rings (SSSR count). The van der Waals surface area contributed by atoms with Crippen LogP contribution in [0.5, 0.6) is 0 Å². The summed E-state index contributed by atoms with van der Waals surface area (Å²) in [4.78, 5) is 20.3. The van der Waals surface area contributed by atoms with Crippen LogP contribution in [-0.4, -0.2) is 63.2 Å². The Balaban J connectivity index is 1.23. The fourth-order valence-corrected chi connectivity index (χ4v) is 3.90. The largest absolute Gasteiger partial charge is 0.416 e. The van der Waals surface area contributed by atoms with E-state index in [9.17, 15) is 18.0 Å². The molecule has 0 saturated carbocycles. The number of aromatic nitrogens is 3. The van der Waals surface area contributed by atoms with Gasteiger partial charge in [0.2, 0.25) is 0 Å². The summed E-state index contributed by atoms with van der Waals surface area (Å²) in [6.07, 6.45) is -2.09. The summed E-state index contributed by atoms with van der Waals surface area (Å²) in [5.74, 6) is 0.982. The molecular weight excluding hydrogens is 409 g/mol. The summed E-state index contributed by atoms with van der Waals surface area (Å²) in [6, 6.07) is 3.43. The normalized spacial score (nSPS) is 20.2. The smallest absolute Gasteiger partial charge is 0.324 e. The average molecular weight is 429 g/mol. The number of nitrogens with one attached hydrogen (secondary N) is 2. The van der Waals surface area contributed by atoms with Gasteiger partial charge in [-0.1, -0.05) is 17.7 Å². The molecule has 156 valence electrons. The van der Waals surface area contributed by atoms with Gasteiger partial charge in [0.1, 0.15) is 12.2 Å². The van der Waals surface area contributed by atoms with Gasteiger partial charge in [0, 0.05) is 49.7 Å². The molecule has 2 aromatic rings. The van der Waals surface area contributed by atoms with E-state index in [1.165, 1.54) is 12.4 Å². The molecule has 2 N–H and O–H groups in total. The van der Waals surface area contributed by atoms with Crippen molar-refractivity contribution in [3.05, 3.63) is 46.5 Å². The molecule has 29 heavy (non-hydrogen) atoms. The van der Waals surface area contributed by atoms with Crippen LogP contribution in [0.1, 0.15) is 29.3 Å². The lowest BCUT2D eigenvalue weighted by atomic mass is 10.1. The van der Waals surface area contributed by atoms with Crippen LogP contribution < -0.4 is 5.32 Å². The van der Waals surface area contributed by atoms with Crippen molar-refractivity contribution in [2.24, 2.45) is 0 Å². The molecule has 2 amide bonds. The van der Waals surface area contributed by atoms with Crippen molar-refractivity contribution in [3.63, 3.8) is 0 Å². The molecule has 0 radical (unpaired) electrons. The molecule has 1 aromatic heterocycles. The van der Waals surface area contributed by atoms with Gasteiger partial charge in [-0.25, -0.2) is 9.78 Å². The number of carbonyl (C=O) groups excluding carboxylic acids is 1. The van der Waals surface area contributed by atoms with Crippen LogP contribution in [0.15, 0.2) is 24.5 Å². The number of urea groups is 1. The summed E-state index contributed by atoms with van der Waals surface area (Å²) >= 11 is 5.98. The van der Waals surface area contributed by atoms with E-state index in [0.717, 1.165) is 24.4 Å². The van der Waals surface area contributed by atoms with Crippen molar-refractivity contribution in [2.75, 3.05) is 26.2 Å². The van der Waals surface area contributed by atoms with Gasteiger partial charge >= 0.3 is 12.2 Å². The molecule has 3 heterocycles. The average Bonchev–Trinajstić information content (AvgIpc) is 3.31. The molecule has 1 atom stereocenters. The first kappa shape index (κ1) is 20.0. The van der Waals surface area contributed by atoms with Crippen molar-refractivity contribution in [2.45, 2.75) is 31.1 Å². The Morgan fingerprint density at radius 2 is 2.07 bits per heavy atom. The first-order valence-corrected chi connectivity index (χ1v) is 9.67. The zero-order chi connectivity index (χ0) is 20.6. The third-order valence-electron chi connectivity index (χ3n) is 5.39. The molecule has 0 bridgehead atoms. The lowest BCUT2D eigenvalue weighted by molar-refractivity contribution is -0.137. The van der Waals surface area contributed by atoms with Crippen molar-refractivity contribution in [3.8, 4) is 0 Å². The second-order valence-electron chi connectivity index (χ2n) is 7.37. The molecule has 0 spiro atoms. The molecular formula is C18H20ClF3N6O. The van der Waals surface area contributed by atoms with Gasteiger partial charge in [-0.05, 0) is 24.1 Å². The molecule has 2 aliphatic rings. The molecule has 0 unspecified atom stereocenters. The first-order valence-electron chi connectivity index (χ1n) is 9.29. The summed E-state index contributed by atoms with van der Waals surface area (Å²) in [5.41, 5.74) is -0.167. The van der Waals surface area contributed by atoms with Crippen LogP contribution in [0.3, 0.4) is 0 Å². The molecule has 7 nitrogen and oxygen atoms in total. The third-order valence-corrected chi connectivity index (χ3v) is 5.74. The number of hydrogen-bond acceptors (Lipinski definition) is 4. The van der Waals surface area contributed by atoms with E-state index in [1.807, 2.05) is 4.90 Å². The monoisotopic (exact) mass is 428 g/mol. The number of rotatable bonds is 4. The van der Waals surface area contributed by atoms with Gasteiger partial charge in [-0.15, -0.1) is 0 Å². The van der Waals surface area contributed by atoms with Crippen LogP contribution in [-0.2, 0) is 12.7 Å². The quantitative estimate of drug-likeness (QED) is 0.785. The SMILES string of the molecule is O=C(N1CC(NCc2ccc(C(F)(F)F)cc2Cl)C1)N1CC[C@H](c2ncn[nH]2)C1. The van der Waals surface area contributed by atoms with Crippen LogP contribution in [0.4, 0.5) is 18.0 Å². The highest BCUT2D eigenvalue weighted by Crippen LogP contribution is 2.32. The standard InChI is InChI=1S/C18H20ClF3N6O/c19-15-5-13(18(20,21)22)2-1-11(15)6-23-14-8-28(9-14)17(29)27-4-3-12(7-27)16-24-10-25-26-16/h1-2,5,10,12,14,23H,3-4,6-9H2,(H,24,25,26)/t12-/m0/s1. The third kappa shape index (κ3) is 4.32. The Bertz CT molecular complexity index is 869. The van der Waals surface area contributed by atoms with E-state index < -0.39 is 11.7 Å². The van der Waals surface area contributed by atoms with Crippen LogP contribution in [0.25, 0.3) is 0 Å². The summed E-state index contributed by atoms with van der Waals surface area (Å²) < 4.78 is 38.1. The lowest BCUT2D eigenvalue weighted by Crippen LogP contribution is -2.62. The van der Waals surface area contributed by atoms with Crippen LogP contribution in [0, 0.1) is 0 Å². The summed E-state index contributed by atoms with van der Waals surface area (Å²) in [6.45, 7) is 2.76. The van der Waals surface area contributed by atoms with E-state index in [0.29, 0.717) is 38.3 Å². The second-order valence-corrected chi connectivity index (χ2v) is 7.78. The maximum absolute atomic E-state index is 12.7. The fourth-order valence-electron chi connectivity index (χ4n) is 3.65. The molecule has 11 heteroatoms. The molecule has 2 aliphatic heterocycles. The zero-order valence-electron chi connectivity index (χ0n) is 15.4. The summed E-state index contributed by atoms with van der Waals surface area (Å²) in [7, 11) is 0. The van der Waals surface area contributed by atoms with Gasteiger partial charge in [0.15, 0.2) is 0 Å². The number of alkyl halides is 3. The molecule has 2 fully saturated rings. The van der Waals surface area contributed by atoms with Gasteiger partial charge in [-0.3, -0.25) is 5.10 Å². The molecule has 0 aliphatic carbocycles. The van der Waals surface area contributed by atoms with E-state index in [1.54, 1.807) is 4.90 Å². The number of hydrogen-bond donors (Lipinski definition) is 2. The maximum Gasteiger partial charge on any atom is 0.416 e. The fraction of sp³-hybridized carbons (Fsp3) is 0.500. The van der Waals surface area contributed by atoms with Gasteiger partial charge in [0.05, 0.1) is 5.56 Å². The minimum Gasteiger partial charge on any atom is -0.324 e. The number of likely N-dealkylation sites (tertiary alicyclic amines) is 2. The highest BCUT2D eigenvalue weighted by Gasteiger charge is 2.37. The van der Waals surface area contributed by atoms with Crippen LogP contribution in [0.2, 0.25) is 5.02 Å². The molecule has 2 saturated heterocycles. The maximum atomic E-state index is 12.7. The predicted molar refractivity (Wildman–Crippen MR) is 99.4 cm³/mol. The Labute approximate surface area is 170 Å². The van der Waals surface area contributed by atoms with E-state index >= 15 is 0 Å². The topological polar surface area (TPSA) is 77.2 Å². The minimum atomic E-state index is -4.41. The van der Waals surface area contributed by atoms with Crippen molar-refractivity contribution < 1.29 is 18.0 Å². The Morgan fingerprint density at radius 3 is 2.72 bits per heavy atom. The number of aromatic amines is 1. The van der Waals surface area contributed by atoms with E-state index in [4.69, 9.17) is 11.6 Å². The van der Waals surface area contributed by atoms with Crippen molar-refractivity contribution >= 4 is 17.6 Å². The van der Waals surface area contributed by atoms with Gasteiger partial charge in [0.25, 0.3) is 0 Å². The van der Waals surface area contributed by atoms with E-state index in [2.05, 4.69) is 20.5 Å². The minimum absolute atomic E-state index is 0.00220. The number of halogens is 4.